The van der Waals surface area contributed by atoms with Crippen molar-refractivity contribution in [2.75, 3.05) is 0 Å². The summed E-state index contributed by atoms with van der Waals surface area (Å²) in [7, 11) is 0. The van der Waals surface area contributed by atoms with Gasteiger partial charge in [0, 0.05) is 0 Å². The van der Waals surface area contributed by atoms with Crippen LogP contribution in [0, 0.1) is 5.92 Å². The summed E-state index contributed by atoms with van der Waals surface area (Å²) >= 11 is 0. The molecule has 0 radical (unpaired) electrons. The van der Waals surface area contributed by atoms with Crippen molar-refractivity contribution in [2.24, 2.45) is 5.92 Å². The molecule has 2 unspecified atom stereocenters. The van der Waals surface area contributed by atoms with E-state index in [2.05, 4.69) is 62.4 Å². The third kappa shape index (κ3) is 2.95. The van der Waals surface area contributed by atoms with Gasteiger partial charge < -0.3 is 0 Å². The van der Waals surface area contributed by atoms with Crippen LogP contribution in [0.2, 0.25) is 0 Å². The molecule has 0 heterocycles. The van der Waals surface area contributed by atoms with Crippen LogP contribution >= 0.6 is 0 Å². The lowest BCUT2D eigenvalue weighted by Crippen LogP contribution is -1.99. The van der Waals surface area contributed by atoms with Crippen LogP contribution in [0.1, 0.15) is 74.1 Å². The standard InChI is InChI=1S/C24H28/c1-17-7-5-9-19(14-13-17)20-10-6-11-21(15-20)24-16-22-8-3-4-12-23(22)18(24)2/h3-4,6,8,10-12,15,17,19H,5,7,9,13-14,16H2,1-2H3. The van der Waals surface area contributed by atoms with E-state index in [-0.39, 0.29) is 0 Å². The van der Waals surface area contributed by atoms with E-state index in [9.17, 15) is 0 Å². The lowest BCUT2D eigenvalue weighted by Gasteiger charge is -2.16. The number of allylic oxidation sites excluding steroid dienone is 2. The van der Waals surface area contributed by atoms with Crippen LogP contribution in [0.3, 0.4) is 0 Å². The quantitative estimate of drug-likeness (QED) is 0.531. The zero-order chi connectivity index (χ0) is 16.5. The third-order valence-corrected chi connectivity index (χ3v) is 6.21. The van der Waals surface area contributed by atoms with Crippen LogP contribution in [-0.4, -0.2) is 0 Å². The topological polar surface area (TPSA) is 0 Å². The van der Waals surface area contributed by atoms with Crippen molar-refractivity contribution in [3.05, 3.63) is 70.8 Å². The molecule has 1 saturated carbocycles. The maximum absolute atomic E-state index is 2.49. The van der Waals surface area contributed by atoms with Crippen LogP contribution in [0.15, 0.2) is 48.5 Å². The number of fused-ring (bicyclic) bond motifs is 1. The Morgan fingerprint density at radius 3 is 2.62 bits per heavy atom. The molecule has 2 aromatic carbocycles. The zero-order valence-electron chi connectivity index (χ0n) is 15.0. The van der Waals surface area contributed by atoms with Gasteiger partial charge in [0.25, 0.3) is 0 Å². The van der Waals surface area contributed by atoms with Crippen molar-refractivity contribution in [1.82, 2.24) is 0 Å². The number of rotatable bonds is 2. The van der Waals surface area contributed by atoms with Gasteiger partial charge in [-0.25, -0.2) is 0 Å². The lowest BCUT2D eigenvalue weighted by molar-refractivity contribution is 0.499. The second kappa shape index (κ2) is 6.59. The summed E-state index contributed by atoms with van der Waals surface area (Å²) in [4.78, 5) is 0. The number of benzene rings is 2. The molecule has 0 bridgehead atoms. The molecule has 124 valence electrons. The van der Waals surface area contributed by atoms with Crippen LogP contribution in [-0.2, 0) is 6.42 Å². The summed E-state index contributed by atoms with van der Waals surface area (Å²) in [5.41, 5.74) is 8.94. The first-order chi connectivity index (χ1) is 11.7. The average molecular weight is 316 g/mol. The Bertz CT molecular complexity index is 765. The van der Waals surface area contributed by atoms with Crippen LogP contribution in [0.4, 0.5) is 0 Å². The molecule has 0 aliphatic heterocycles. The molecule has 0 N–H and O–H groups in total. The molecule has 1 fully saturated rings. The maximum Gasteiger partial charge on any atom is -0.00109 e. The van der Waals surface area contributed by atoms with Gasteiger partial charge in [-0.3, -0.25) is 0 Å². The SMILES string of the molecule is CC1=C(c2cccc(C3CCCC(C)CC3)c2)Cc2ccccc21. The van der Waals surface area contributed by atoms with Gasteiger partial charge in [-0.15, -0.1) is 0 Å². The second-order valence-corrected chi connectivity index (χ2v) is 7.87. The Kier molecular flexibility index (Phi) is 4.31. The number of hydrogen-bond donors (Lipinski definition) is 0. The van der Waals surface area contributed by atoms with Crippen molar-refractivity contribution < 1.29 is 0 Å². The summed E-state index contributed by atoms with van der Waals surface area (Å²) in [5, 5.41) is 0. The highest BCUT2D eigenvalue weighted by Crippen LogP contribution is 2.40. The van der Waals surface area contributed by atoms with E-state index in [0.717, 1.165) is 18.3 Å². The normalized spacial score (nSPS) is 23.9. The van der Waals surface area contributed by atoms with E-state index in [0.29, 0.717) is 0 Å². The fraction of sp³-hybridized carbons (Fsp3) is 0.417. The van der Waals surface area contributed by atoms with E-state index in [1.54, 1.807) is 5.56 Å². The van der Waals surface area contributed by atoms with Gasteiger partial charge in [-0.05, 0) is 71.4 Å². The summed E-state index contributed by atoms with van der Waals surface area (Å²) in [6, 6.07) is 18.3. The minimum atomic E-state index is 0.764. The van der Waals surface area contributed by atoms with Crippen LogP contribution in [0.5, 0.6) is 0 Å². The molecule has 24 heavy (non-hydrogen) atoms. The smallest absolute Gasteiger partial charge is 0.00109 e. The van der Waals surface area contributed by atoms with Gasteiger partial charge in [0.15, 0.2) is 0 Å². The highest BCUT2D eigenvalue weighted by atomic mass is 14.3. The molecular weight excluding hydrogens is 288 g/mol. The van der Waals surface area contributed by atoms with E-state index < -0.39 is 0 Å². The van der Waals surface area contributed by atoms with Gasteiger partial charge in [-0.2, -0.15) is 0 Å². The third-order valence-electron chi connectivity index (χ3n) is 6.21. The molecular formula is C24H28. The Labute approximate surface area is 146 Å². The summed E-state index contributed by atoms with van der Waals surface area (Å²) in [6.45, 7) is 4.71. The van der Waals surface area contributed by atoms with Crippen molar-refractivity contribution in [2.45, 2.75) is 58.3 Å². The average Bonchev–Trinajstić information content (AvgIpc) is 2.79. The molecule has 0 saturated heterocycles. The van der Waals surface area contributed by atoms with Gasteiger partial charge in [0.2, 0.25) is 0 Å². The Balaban J connectivity index is 1.63. The van der Waals surface area contributed by atoms with Gasteiger partial charge in [0.1, 0.15) is 0 Å². The van der Waals surface area contributed by atoms with Crippen LogP contribution in [0.25, 0.3) is 11.1 Å². The van der Waals surface area contributed by atoms with Gasteiger partial charge in [0.05, 0.1) is 0 Å². The second-order valence-electron chi connectivity index (χ2n) is 7.87. The fourth-order valence-corrected chi connectivity index (χ4v) is 4.65. The lowest BCUT2D eigenvalue weighted by atomic mass is 9.88. The first kappa shape index (κ1) is 15.7. The molecule has 0 nitrogen and oxygen atoms in total. The van der Waals surface area contributed by atoms with Crippen molar-refractivity contribution in [3.63, 3.8) is 0 Å². The van der Waals surface area contributed by atoms with Crippen LogP contribution < -0.4 is 0 Å². The molecule has 4 rings (SSSR count). The first-order valence-corrected chi connectivity index (χ1v) is 9.60. The van der Waals surface area contributed by atoms with Gasteiger partial charge in [-0.1, -0.05) is 74.7 Å². The molecule has 2 aliphatic rings. The maximum atomic E-state index is 2.49. The predicted molar refractivity (Wildman–Crippen MR) is 104 cm³/mol. The Hall–Kier alpha value is -1.82. The molecule has 2 aromatic rings. The minimum absolute atomic E-state index is 0.764. The van der Waals surface area contributed by atoms with Crippen molar-refractivity contribution in [3.8, 4) is 0 Å². The first-order valence-electron chi connectivity index (χ1n) is 9.60. The van der Waals surface area contributed by atoms with E-state index >= 15 is 0 Å². The van der Waals surface area contributed by atoms with Crippen molar-refractivity contribution in [1.29, 1.82) is 0 Å². The molecule has 0 amide bonds. The van der Waals surface area contributed by atoms with E-state index in [4.69, 9.17) is 0 Å². The van der Waals surface area contributed by atoms with Gasteiger partial charge >= 0.3 is 0 Å². The Morgan fingerprint density at radius 2 is 1.75 bits per heavy atom. The predicted octanol–water partition coefficient (Wildman–Crippen LogP) is 6.86. The Morgan fingerprint density at radius 1 is 0.875 bits per heavy atom. The highest BCUT2D eigenvalue weighted by Gasteiger charge is 2.21. The summed E-state index contributed by atoms with van der Waals surface area (Å²) < 4.78 is 0. The molecule has 2 atom stereocenters. The minimum Gasteiger partial charge on any atom is -0.0625 e. The summed E-state index contributed by atoms with van der Waals surface area (Å²) in [6.07, 6.45) is 8.02. The number of hydrogen-bond acceptors (Lipinski definition) is 0. The summed E-state index contributed by atoms with van der Waals surface area (Å²) in [5.74, 6) is 1.67. The van der Waals surface area contributed by atoms with E-state index in [1.165, 1.54) is 59.9 Å². The molecule has 0 aromatic heterocycles. The van der Waals surface area contributed by atoms with E-state index in [1.807, 2.05) is 0 Å². The zero-order valence-corrected chi connectivity index (χ0v) is 15.0. The monoisotopic (exact) mass is 316 g/mol. The van der Waals surface area contributed by atoms with Crippen molar-refractivity contribution >= 4 is 11.1 Å². The fourth-order valence-electron chi connectivity index (χ4n) is 4.65. The largest absolute Gasteiger partial charge is 0.0625 e. The molecule has 2 aliphatic carbocycles. The molecule has 0 spiro atoms. The molecule has 0 heteroatoms. The highest BCUT2D eigenvalue weighted by molar-refractivity contribution is 5.96.